The normalized spacial score (nSPS) is 12.6. The Hall–Kier alpha value is -0.840. The molecule has 0 aliphatic carbocycles. The summed E-state index contributed by atoms with van der Waals surface area (Å²) >= 11 is 3.50. The van der Waals surface area contributed by atoms with Gasteiger partial charge in [0.1, 0.15) is 0 Å². The maximum Gasteiger partial charge on any atom is 0.387 e. The predicted octanol–water partition coefficient (Wildman–Crippen LogP) is 4.01. The van der Waals surface area contributed by atoms with Gasteiger partial charge in [0, 0.05) is 4.83 Å². The molecule has 1 atom stereocenters. The zero-order valence-electron chi connectivity index (χ0n) is 9.75. The van der Waals surface area contributed by atoms with Gasteiger partial charge < -0.3 is 9.47 Å². The Kier molecular flexibility index (Phi) is 5.68. The first-order valence-corrected chi connectivity index (χ1v) is 6.24. The molecule has 0 aliphatic rings. The molecular formula is C12H15BrF2O2. The van der Waals surface area contributed by atoms with E-state index in [-0.39, 0.29) is 5.75 Å². The lowest BCUT2D eigenvalue weighted by Crippen LogP contribution is -2.05. The highest BCUT2D eigenvalue weighted by Gasteiger charge is 2.12. The Morgan fingerprint density at radius 1 is 1.29 bits per heavy atom. The maximum atomic E-state index is 12.2. The van der Waals surface area contributed by atoms with Crippen LogP contribution in [0.4, 0.5) is 8.78 Å². The van der Waals surface area contributed by atoms with Crippen LogP contribution in [0.2, 0.25) is 0 Å². The van der Waals surface area contributed by atoms with Gasteiger partial charge in [-0.05, 0) is 30.5 Å². The predicted molar refractivity (Wildman–Crippen MR) is 66.3 cm³/mol. The summed E-state index contributed by atoms with van der Waals surface area (Å²) in [7, 11) is 1.42. The number of rotatable bonds is 6. The summed E-state index contributed by atoms with van der Waals surface area (Å²) in [6.07, 6.45) is 1.73. The summed E-state index contributed by atoms with van der Waals surface area (Å²) in [5, 5.41) is 0. The van der Waals surface area contributed by atoms with Gasteiger partial charge >= 0.3 is 6.61 Å². The van der Waals surface area contributed by atoms with Gasteiger partial charge in [-0.3, -0.25) is 0 Å². The molecule has 1 rings (SSSR count). The lowest BCUT2D eigenvalue weighted by molar-refractivity contribution is -0.0512. The van der Waals surface area contributed by atoms with Crippen molar-refractivity contribution >= 4 is 15.9 Å². The SMILES string of the molecule is CCC(Br)Cc1ccc(OC)c(OC(F)F)c1. The number of halogens is 3. The zero-order chi connectivity index (χ0) is 12.8. The molecule has 0 amide bonds. The second-order valence-corrected chi connectivity index (χ2v) is 4.87. The number of benzene rings is 1. The van der Waals surface area contributed by atoms with Crippen LogP contribution in [-0.4, -0.2) is 18.5 Å². The van der Waals surface area contributed by atoms with Crippen molar-refractivity contribution in [3.8, 4) is 11.5 Å². The number of hydrogen-bond acceptors (Lipinski definition) is 2. The molecule has 0 N–H and O–H groups in total. The number of hydrogen-bond donors (Lipinski definition) is 0. The highest BCUT2D eigenvalue weighted by atomic mass is 79.9. The van der Waals surface area contributed by atoms with Gasteiger partial charge in [-0.2, -0.15) is 8.78 Å². The van der Waals surface area contributed by atoms with Crippen molar-refractivity contribution in [2.45, 2.75) is 31.2 Å². The van der Waals surface area contributed by atoms with E-state index >= 15 is 0 Å². The van der Waals surface area contributed by atoms with E-state index in [2.05, 4.69) is 27.6 Å². The molecule has 0 saturated carbocycles. The summed E-state index contributed by atoms with van der Waals surface area (Å²) in [5.74, 6) is 0.396. The second kappa shape index (κ2) is 6.79. The third-order valence-electron chi connectivity index (χ3n) is 2.34. The Bertz CT molecular complexity index is 358. The van der Waals surface area contributed by atoms with Crippen LogP contribution in [0.1, 0.15) is 18.9 Å². The van der Waals surface area contributed by atoms with Crippen LogP contribution in [-0.2, 0) is 6.42 Å². The van der Waals surface area contributed by atoms with Crippen LogP contribution in [0.3, 0.4) is 0 Å². The Morgan fingerprint density at radius 3 is 2.53 bits per heavy atom. The van der Waals surface area contributed by atoms with Gasteiger partial charge in [-0.1, -0.05) is 28.9 Å². The second-order valence-electron chi connectivity index (χ2n) is 3.57. The molecule has 5 heteroatoms. The summed E-state index contributed by atoms with van der Waals surface area (Å²) in [5.41, 5.74) is 0.935. The fourth-order valence-corrected chi connectivity index (χ4v) is 1.81. The van der Waals surface area contributed by atoms with Crippen molar-refractivity contribution in [2.75, 3.05) is 7.11 Å². The minimum Gasteiger partial charge on any atom is -0.493 e. The smallest absolute Gasteiger partial charge is 0.387 e. The summed E-state index contributed by atoms with van der Waals surface area (Å²) in [6.45, 7) is -0.787. The van der Waals surface area contributed by atoms with Gasteiger partial charge in [0.05, 0.1) is 7.11 Å². The molecule has 0 heterocycles. The van der Waals surface area contributed by atoms with Crippen molar-refractivity contribution in [1.82, 2.24) is 0 Å². The molecule has 1 aromatic rings. The molecule has 0 bridgehead atoms. The lowest BCUT2D eigenvalue weighted by atomic mass is 10.1. The Morgan fingerprint density at radius 2 is 2.00 bits per heavy atom. The Labute approximate surface area is 108 Å². The van der Waals surface area contributed by atoms with E-state index in [9.17, 15) is 8.78 Å². The number of methoxy groups -OCH3 is 1. The van der Waals surface area contributed by atoms with E-state index in [4.69, 9.17) is 4.74 Å². The first-order valence-electron chi connectivity index (χ1n) is 5.32. The molecule has 1 aromatic carbocycles. The van der Waals surface area contributed by atoms with Gasteiger partial charge in [0.15, 0.2) is 11.5 Å². The van der Waals surface area contributed by atoms with Crippen molar-refractivity contribution in [2.24, 2.45) is 0 Å². The monoisotopic (exact) mass is 308 g/mol. The first-order chi connectivity index (χ1) is 8.06. The standard InChI is InChI=1S/C12H15BrF2O2/c1-3-9(13)6-8-4-5-10(16-2)11(7-8)17-12(14)15/h4-5,7,9,12H,3,6H2,1-2H3. The van der Waals surface area contributed by atoms with E-state index < -0.39 is 6.61 Å². The highest BCUT2D eigenvalue weighted by Crippen LogP contribution is 2.30. The number of alkyl halides is 3. The molecule has 0 radical (unpaired) electrons. The topological polar surface area (TPSA) is 18.5 Å². The van der Waals surface area contributed by atoms with E-state index in [0.717, 1.165) is 18.4 Å². The van der Waals surface area contributed by atoms with Crippen LogP contribution >= 0.6 is 15.9 Å². The van der Waals surface area contributed by atoms with Crippen molar-refractivity contribution in [3.05, 3.63) is 23.8 Å². The summed E-state index contributed by atoms with van der Waals surface area (Å²) in [6, 6.07) is 5.08. The minimum absolute atomic E-state index is 0.0794. The molecule has 0 saturated heterocycles. The van der Waals surface area contributed by atoms with Crippen LogP contribution in [0.25, 0.3) is 0 Å². The number of ether oxygens (including phenoxy) is 2. The van der Waals surface area contributed by atoms with E-state index in [1.807, 2.05) is 6.07 Å². The molecule has 2 nitrogen and oxygen atoms in total. The van der Waals surface area contributed by atoms with Crippen molar-refractivity contribution < 1.29 is 18.3 Å². The Balaban J connectivity index is 2.88. The van der Waals surface area contributed by atoms with Crippen molar-refractivity contribution in [3.63, 3.8) is 0 Å². The van der Waals surface area contributed by atoms with Crippen LogP contribution in [0, 0.1) is 0 Å². The minimum atomic E-state index is -2.84. The highest BCUT2D eigenvalue weighted by molar-refractivity contribution is 9.09. The third-order valence-corrected chi connectivity index (χ3v) is 3.32. The van der Waals surface area contributed by atoms with E-state index in [1.165, 1.54) is 7.11 Å². The van der Waals surface area contributed by atoms with E-state index in [0.29, 0.717) is 10.6 Å². The zero-order valence-corrected chi connectivity index (χ0v) is 11.3. The van der Waals surface area contributed by atoms with Crippen LogP contribution in [0.5, 0.6) is 11.5 Å². The van der Waals surface area contributed by atoms with E-state index in [1.54, 1.807) is 12.1 Å². The average Bonchev–Trinajstić information content (AvgIpc) is 2.28. The fraction of sp³-hybridized carbons (Fsp3) is 0.500. The van der Waals surface area contributed by atoms with Gasteiger partial charge in [0.2, 0.25) is 0 Å². The third kappa shape index (κ3) is 4.50. The molecule has 96 valence electrons. The quantitative estimate of drug-likeness (QED) is 0.739. The fourth-order valence-electron chi connectivity index (χ4n) is 1.44. The summed E-state index contributed by atoms with van der Waals surface area (Å²) in [4.78, 5) is 0.329. The summed E-state index contributed by atoms with van der Waals surface area (Å²) < 4.78 is 33.8. The van der Waals surface area contributed by atoms with Gasteiger partial charge in [0.25, 0.3) is 0 Å². The molecule has 0 aliphatic heterocycles. The molecule has 17 heavy (non-hydrogen) atoms. The molecular weight excluding hydrogens is 294 g/mol. The largest absolute Gasteiger partial charge is 0.493 e. The van der Waals surface area contributed by atoms with Crippen LogP contribution < -0.4 is 9.47 Å². The maximum absolute atomic E-state index is 12.2. The molecule has 1 unspecified atom stereocenters. The van der Waals surface area contributed by atoms with Crippen molar-refractivity contribution in [1.29, 1.82) is 0 Å². The van der Waals surface area contributed by atoms with Gasteiger partial charge in [-0.15, -0.1) is 0 Å². The first kappa shape index (κ1) is 14.2. The van der Waals surface area contributed by atoms with Gasteiger partial charge in [-0.25, -0.2) is 0 Å². The molecule has 0 aromatic heterocycles. The molecule has 0 spiro atoms. The molecule has 0 fully saturated rings. The lowest BCUT2D eigenvalue weighted by Gasteiger charge is -2.12. The van der Waals surface area contributed by atoms with Crippen LogP contribution in [0.15, 0.2) is 18.2 Å². The average molecular weight is 309 g/mol.